The number of ether oxygens (including phenoxy) is 1. The molecule has 1 saturated heterocycles. The first-order valence-corrected chi connectivity index (χ1v) is 10.3. The Bertz CT molecular complexity index is 855. The molecule has 1 fully saturated rings. The van der Waals surface area contributed by atoms with E-state index in [9.17, 15) is 4.79 Å². The van der Waals surface area contributed by atoms with Gasteiger partial charge in [-0.1, -0.05) is 29.8 Å². The van der Waals surface area contributed by atoms with Crippen molar-refractivity contribution in [3.63, 3.8) is 0 Å². The lowest BCUT2D eigenvalue weighted by Gasteiger charge is -2.20. The number of amides is 1. The maximum atomic E-state index is 12.2. The lowest BCUT2D eigenvalue weighted by atomic mass is 10.2. The van der Waals surface area contributed by atoms with Gasteiger partial charge in [0.2, 0.25) is 5.91 Å². The summed E-state index contributed by atoms with van der Waals surface area (Å²) in [4.78, 5) is 18.8. The van der Waals surface area contributed by atoms with Crippen molar-refractivity contribution in [2.24, 2.45) is 4.99 Å². The molecule has 1 unspecified atom stereocenters. The highest BCUT2D eigenvalue weighted by Crippen LogP contribution is 2.20. The maximum Gasteiger partial charge on any atom is 0.239 e. The molecular weight excluding hydrogens is 505 g/mol. The minimum absolute atomic E-state index is 0. The summed E-state index contributed by atoms with van der Waals surface area (Å²) in [5, 5.41) is 9.43. The number of nitrogens with one attached hydrogen (secondary N) is 3. The van der Waals surface area contributed by atoms with Gasteiger partial charge in [-0.25, -0.2) is 0 Å². The van der Waals surface area contributed by atoms with Crippen molar-refractivity contribution in [3.05, 3.63) is 59.7 Å². The second-order valence-corrected chi connectivity index (χ2v) is 7.46. The molecule has 0 radical (unpaired) electrons. The first kappa shape index (κ1) is 24.8. The van der Waals surface area contributed by atoms with Crippen molar-refractivity contribution in [3.8, 4) is 5.75 Å². The number of anilines is 1. The number of rotatable bonds is 7. The van der Waals surface area contributed by atoms with E-state index >= 15 is 0 Å². The minimum Gasteiger partial charge on any atom is -0.497 e. The van der Waals surface area contributed by atoms with E-state index < -0.39 is 0 Å². The van der Waals surface area contributed by atoms with Crippen LogP contribution in [0.25, 0.3) is 0 Å². The Kier molecular flexibility index (Phi) is 9.90. The normalized spacial score (nSPS) is 15.8. The number of hydrogen-bond donors (Lipinski definition) is 3. The summed E-state index contributed by atoms with van der Waals surface area (Å²) in [5.41, 5.74) is 3.53. The Morgan fingerprint density at radius 1 is 1.13 bits per heavy atom. The smallest absolute Gasteiger partial charge is 0.239 e. The minimum atomic E-state index is -0.0820. The molecule has 0 aromatic heterocycles. The van der Waals surface area contributed by atoms with Crippen LogP contribution in [0.3, 0.4) is 0 Å². The molecular formula is C23H32IN5O2. The summed E-state index contributed by atoms with van der Waals surface area (Å²) in [6.45, 7) is 4.66. The Labute approximate surface area is 201 Å². The fourth-order valence-electron chi connectivity index (χ4n) is 3.43. The van der Waals surface area contributed by atoms with Crippen LogP contribution in [-0.2, 0) is 11.3 Å². The number of aryl methyl sites for hydroxylation is 1. The molecule has 168 valence electrons. The molecule has 0 aliphatic carbocycles. The van der Waals surface area contributed by atoms with Crippen LogP contribution in [0.5, 0.6) is 5.75 Å². The molecule has 2 aromatic carbocycles. The molecule has 3 rings (SSSR count). The number of carbonyl (C=O) groups excluding carboxylic acids is 1. The van der Waals surface area contributed by atoms with Gasteiger partial charge in [-0.15, -0.1) is 24.0 Å². The van der Waals surface area contributed by atoms with Crippen LogP contribution in [0.1, 0.15) is 17.5 Å². The molecule has 8 heteroatoms. The van der Waals surface area contributed by atoms with Gasteiger partial charge in [-0.2, -0.15) is 0 Å². The number of nitrogens with zero attached hydrogens (tertiary/aromatic N) is 2. The highest BCUT2D eigenvalue weighted by atomic mass is 127. The van der Waals surface area contributed by atoms with Gasteiger partial charge >= 0.3 is 0 Å². The third kappa shape index (κ3) is 7.61. The monoisotopic (exact) mass is 537 g/mol. The standard InChI is InChI=1S/C23H31N5O2.HI/c1-17-4-8-20(9-5-17)28-13-12-19(16-28)27-23(24-2)26-15-22(29)25-14-18-6-10-21(30-3)11-7-18;/h4-11,19H,12-16H2,1-3H3,(H,25,29)(H2,24,26,27);1H. The van der Waals surface area contributed by atoms with Gasteiger partial charge in [-0.3, -0.25) is 9.79 Å². The van der Waals surface area contributed by atoms with Crippen molar-refractivity contribution in [2.45, 2.75) is 25.9 Å². The van der Waals surface area contributed by atoms with E-state index in [0.717, 1.165) is 30.8 Å². The molecule has 1 aliphatic heterocycles. The lowest BCUT2D eigenvalue weighted by Crippen LogP contribution is -2.47. The molecule has 31 heavy (non-hydrogen) atoms. The number of carbonyl (C=O) groups is 1. The third-order valence-electron chi connectivity index (χ3n) is 5.22. The quantitative estimate of drug-likeness (QED) is 0.288. The average molecular weight is 537 g/mol. The Hall–Kier alpha value is -2.49. The molecule has 7 nitrogen and oxygen atoms in total. The maximum absolute atomic E-state index is 12.2. The van der Waals surface area contributed by atoms with Crippen LogP contribution in [0.15, 0.2) is 53.5 Å². The van der Waals surface area contributed by atoms with Crippen LogP contribution in [0, 0.1) is 6.92 Å². The molecule has 0 bridgehead atoms. The van der Waals surface area contributed by atoms with Gasteiger partial charge < -0.3 is 25.6 Å². The zero-order valence-corrected chi connectivity index (χ0v) is 20.7. The van der Waals surface area contributed by atoms with Crippen molar-refractivity contribution in [1.29, 1.82) is 0 Å². The number of aliphatic imine (C=N–C) groups is 1. The first-order valence-electron chi connectivity index (χ1n) is 10.3. The van der Waals surface area contributed by atoms with Crippen LogP contribution in [0.4, 0.5) is 5.69 Å². The van der Waals surface area contributed by atoms with Crippen LogP contribution in [-0.4, -0.2) is 51.7 Å². The van der Waals surface area contributed by atoms with Crippen LogP contribution >= 0.6 is 24.0 Å². The molecule has 0 spiro atoms. The van der Waals surface area contributed by atoms with E-state index in [-0.39, 0.29) is 36.4 Å². The van der Waals surface area contributed by atoms with E-state index in [1.807, 2.05) is 24.3 Å². The van der Waals surface area contributed by atoms with Gasteiger partial charge in [0.15, 0.2) is 5.96 Å². The largest absolute Gasteiger partial charge is 0.497 e. The molecule has 1 atom stereocenters. The van der Waals surface area contributed by atoms with E-state index in [1.165, 1.54) is 11.3 Å². The van der Waals surface area contributed by atoms with Crippen LogP contribution in [0.2, 0.25) is 0 Å². The second-order valence-electron chi connectivity index (χ2n) is 7.46. The van der Waals surface area contributed by atoms with E-state index in [1.54, 1.807) is 14.2 Å². The Morgan fingerprint density at radius 3 is 2.48 bits per heavy atom. The molecule has 3 N–H and O–H groups in total. The Balaban J connectivity index is 0.00000341. The molecule has 0 saturated carbocycles. The fourth-order valence-corrected chi connectivity index (χ4v) is 3.43. The highest BCUT2D eigenvalue weighted by Gasteiger charge is 2.23. The average Bonchev–Trinajstić information content (AvgIpc) is 3.24. The molecule has 2 aromatic rings. The number of guanidine groups is 1. The van der Waals surface area contributed by atoms with Crippen LogP contribution < -0.4 is 25.6 Å². The number of benzene rings is 2. The first-order chi connectivity index (χ1) is 14.6. The summed E-state index contributed by atoms with van der Waals surface area (Å²) < 4.78 is 5.14. The molecule has 1 heterocycles. The number of halogens is 1. The summed E-state index contributed by atoms with van der Waals surface area (Å²) in [6, 6.07) is 16.5. The predicted octanol–water partition coefficient (Wildman–Crippen LogP) is 2.68. The molecule has 1 amide bonds. The number of hydrogen-bond acceptors (Lipinski definition) is 4. The summed E-state index contributed by atoms with van der Waals surface area (Å²) >= 11 is 0. The van der Waals surface area contributed by atoms with Gasteiger partial charge in [-0.05, 0) is 43.2 Å². The third-order valence-corrected chi connectivity index (χ3v) is 5.22. The Morgan fingerprint density at radius 2 is 1.84 bits per heavy atom. The lowest BCUT2D eigenvalue weighted by molar-refractivity contribution is -0.120. The number of methoxy groups -OCH3 is 1. The van der Waals surface area contributed by atoms with Crippen molar-refractivity contribution < 1.29 is 9.53 Å². The summed E-state index contributed by atoms with van der Waals surface area (Å²) in [7, 11) is 3.35. The topological polar surface area (TPSA) is 78.0 Å². The SMILES string of the molecule is CN=C(NCC(=O)NCc1ccc(OC)cc1)NC1CCN(c2ccc(C)cc2)C1.I. The van der Waals surface area contributed by atoms with Gasteiger partial charge in [0.1, 0.15) is 5.75 Å². The van der Waals surface area contributed by atoms with E-state index in [2.05, 4.69) is 57.0 Å². The fraction of sp³-hybridized carbons (Fsp3) is 0.391. The van der Waals surface area contributed by atoms with Gasteiger partial charge in [0.25, 0.3) is 0 Å². The van der Waals surface area contributed by atoms with Gasteiger partial charge in [0.05, 0.1) is 13.7 Å². The highest BCUT2D eigenvalue weighted by molar-refractivity contribution is 14.0. The second kappa shape index (κ2) is 12.4. The van der Waals surface area contributed by atoms with E-state index in [0.29, 0.717) is 18.5 Å². The zero-order chi connectivity index (χ0) is 21.3. The molecule has 1 aliphatic rings. The summed E-state index contributed by atoms with van der Waals surface area (Å²) in [5.74, 6) is 1.36. The van der Waals surface area contributed by atoms with Gasteiger partial charge in [0, 0.05) is 38.4 Å². The van der Waals surface area contributed by atoms with E-state index in [4.69, 9.17) is 4.74 Å². The predicted molar refractivity (Wildman–Crippen MR) is 137 cm³/mol. The summed E-state index contributed by atoms with van der Waals surface area (Å²) in [6.07, 6.45) is 1.03. The van der Waals surface area contributed by atoms with Crippen molar-refractivity contribution >= 4 is 41.5 Å². The van der Waals surface area contributed by atoms with Crippen molar-refractivity contribution in [2.75, 3.05) is 38.7 Å². The zero-order valence-electron chi connectivity index (χ0n) is 18.4. The van der Waals surface area contributed by atoms with Crippen molar-refractivity contribution in [1.82, 2.24) is 16.0 Å².